The van der Waals surface area contributed by atoms with Crippen molar-refractivity contribution in [3.63, 3.8) is 0 Å². The third kappa shape index (κ3) is 3.06. The number of hydrogen-bond donors (Lipinski definition) is 0. The van der Waals surface area contributed by atoms with E-state index in [1.54, 1.807) is 18.2 Å². The second-order valence-corrected chi connectivity index (χ2v) is 7.70. The summed E-state index contributed by atoms with van der Waals surface area (Å²) < 4.78 is -0.589. The maximum atomic E-state index is 12.6. The Kier molecular flexibility index (Phi) is 4.28. The Balaban J connectivity index is 2.12. The van der Waals surface area contributed by atoms with Crippen LogP contribution in [0, 0.1) is 0 Å². The number of benzene rings is 1. The molecule has 112 valence electrons. The molecule has 0 fully saturated rings. The molecule has 0 bridgehead atoms. The summed E-state index contributed by atoms with van der Waals surface area (Å²) in [5.41, 5.74) is 1.64. The van der Waals surface area contributed by atoms with E-state index in [2.05, 4.69) is 5.10 Å². The summed E-state index contributed by atoms with van der Waals surface area (Å²) in [6, 6.07) is 14.5. The number of halogens is 3. The van der Waals surface area contributed by atoms with Gasteiger partial charge >= 0.3 is 0 Å². The lowest BCUT2D eigenvalue weighted by atomic mass is 10.1. The third-order valence-corrected chi connectivity index (χ3v) is 4.43. The molecular weight excluding hydrogens is 363 g/mol. The van der Waals surface area contributed by atoms with Crippen molar-refractivity contribution in [2.24, 2.45) is 0 Å². The maximum Gasteiger partial charge on any atom is 0.288 e. The average Bonchev–Trinajstić information content (AvgIpc) is 3.16. The number of alkyl halides is 3. The Hall–Kier alpha value is -1.33. The minimum atomic E-state index is -1.74. The molecule has 0 amide bonds. The highest BCUT2D eigenvalue weighted by molar-refractivity contribution is 7.12. The largest absolute Gasteiger partial charge is 0.288 e. The SMILES string of the molecule is O=C(c1cccs1)n1nc(-c2ccccc2)cc1C(Cl)(Cl)Cl. The molecule has 0 atom stereocenters. The molecule has 3 aromatic rings. The molecule has 0 spiro atoms. The van der Waals surface area contributed by atoms with Crippen LogP contribution in [0.1, 0.15) is 15.4 Å². The van der Waals surface area contributed by atoms with E-state index in [1.165, 1.54) is 11.3 Å². The first-order valence-electron chi connectivity index (χ1n) is 6.28. The highest BCUT2D eigenvalue weighted by Gasteiger charge is 2.31. The zero-order valence-corrected chi connectivity index (χ0v) is 14.1. The van der Waals surface area contributed by atoms with Crippen LogP contribution >= 0.6 is 46.1 Å². The van der Waals surface area contributed by atoms with Crippen molar-refractivity contribution >= 4 is 52.0 Å². The molecule has 2 aromatic heterocycles. The second kappa shape index (κ2) is 6.05. The van der Waals surface area contributed by atoms with Crippen LogP contribution in [-0.2, 0) is 3.79 Å². The number of thiophene rings is 1. The van der Waals surface area contributed by atoms with E-state index in [-0.39, 0.29) is 11.6 Å². The molecule has 0 radical (unpaired) electrons. The molecule has 3 nitrogen and oxygen atoms in total. The summed E-state index contributed by atoms with van der Waals surface area (Å²) in [6.45, 7) is 0. The van der Waals surface area contributed by atoms with Crippen LogP contribution in [-0.4, -0.2) is 15.7 Å². The summed E-state index contributed by atoms with van der Waals surface area (Å²) in [6.07, 6.45) is 0. The van der Waals surface area contributed by atoms with Crippen LogP contribution in [0.4, 0.5) is 0 Å². The molecule has 0 saturated heterocycles. The van der Waals surface area contributed by atoms with Gasteiger partial charge in [0.25, 0.3) is 5.91 Å². The van der Waals surface area contributed by atoms with Gasteiger partial charge in [-0.1, -0.05) is 71.2 Å². The lowest BCUT2D eigenvalue weighted by Crippen LogP contribution is -2.19. The quantitative estimate of drug-likeness (QED) is 0.586. The van der Waals surface area contributed by atoms with Crippen molar-refractivity contribution in [3.05, 3.63) is 64.5 Å². The van der Waals surface area contributed by atoms with Crippen LogP contribution in [0.15, 0.2) is 53.9 Å². The third-order valence-electron chi connectivity index (χ3n) is 2.99. The molecule has 2 heterocycles. The van der Waals surface area contributed by atoms with Gasteiger partial charge in [-0.15, -0.1) is 11.3 Å². The van der Waals surface area contributed by atoms with Crippen molar-refractivity contribution in [1.29, 1.82) is 0 Å². The van der Waals surface area contributed by atoms with E-state index < -0.39 is 3.79 Å². The molecule has 22 heavy (non-hydrogen) atoms. The molecule has 1 aromatic carbocycles. The number of carbonyl (C=O) groups is 1. The molecule has 7 heteroatoms. The van der Waals surface area contributed by atoms with Crippen LogP contribution < -0.4 is 0 Å². The van der Waals surface area contributed by atoms with Gasteiger partial charge in [-0.05, 0) is 17.5 Å². The standard InChI is InChI=1S/C15H9Cl3N2OS/c16-15(17,18)13-9-11(10-5-2-1-3-6-10)19-20(13)14(21)12-7-4-8-22-12/h1-9H. The van der Waals surface area contributed by atoms with Gasteiger partial charge in [0, 0.05) is 5.56 Å². The van der Waals surface area contributed by atoms with Gasteiger partial charge in [-0.25, -0.2) is 0 Å². The molecule has 0 N–H and O–H groups in total. The summed E-state index contributed by atoms with van der Waals surface area (Å²) in [7, 11) is 0. The van der Waals surface area contributed by atoms with E-state index in [4.69, 9.17) is 34.8 Å². The summed E-state index contributed by atoms with van der Waals surface area (Å²) in [5, 5.41) is 6.13. The molecule has 3 rings (SSSR count). The zero-order chi connectivity index (χ0) is 15.7. The Morgan fingerprint density at radius 2 is 1.82 bits per heavy atom. The fourth-order valence-corrected chi connectivity index (χ4v) is 3.04. The van der Waals surface area contributed by atoms with Gasteiger partial charge in [0.15, 0.2) is 0 Å². The van der Waals surface area contributed by atoms with Crippen molar-refractivity contribution in [1.82, 2.24) is 9.78 Å². The number of nitrogens with zero attached hydrogens (tertiary/aromatic N) is 2. The normalized spacial score (nSPS) is 11.6. The van der Waals surface area contributed by atoms with E-state index in [9.17, 15) is 4.79 Å². The number of hydrogen-bond acceptors (Lipinski definition) is 3. The lowest BCUT2D eigenvalue weighted by Gasteiger charge is -2.11. The first kappa shape index (κ1) is 15.6. The Morgan fingerprint density at radius 3 is 2.41 bits per heavy atom. The zero-order valence-electron chi connectivity index (χ0n) is 11.0. The number of aromatic nitrogens is 2. The second-order valence-electron chi connectivity index (χ2n) is 4.47. The van der Waals surface area contributed by atoms with Crippen molar-refractivity contribution in [2.45, 2.75) is 3.79 Å². The van der Waals surface area contributed by atoms with Crippen molar-refractivity contribution in [2.75, 3.05) is 0 Å². The van der Waals surface area contributed by atoms with Gasteiger partial charge in [0.05, 0.1) is 16.3 Å². The fourth-order valence-electron chi connectivity index (χ4n) is 1.99. The predicted molar refractivity (Wildman–Crippen MR) is 90.9 cm³/mol. The summed E-state index contributed by atoms with van der Waals surface area (Å²) in [4.78, 5) is 13.1. The minimum absolute atomic E-state index is 0.217. The van der Waals surface area contributed by atoms with Gasteiger partial charge in [-0.3, -0.25) is 4.79 Å². The molecular formula is C15H9Cl3N2OS. The minimum Gasteiger partial charge on any atom is -0.266 e. The van der Waals surface area contributed by atoms with Crippen LogP contribution in [0.5, 0.6) is 0 Å². The van der Waals surface area contributed by atoms with E-state index in [0.29, 0.717) is 10.6 Å². The van der Waals surface area contributed by atoms with Gasteiger partial charge in [0.1, 0.15) is 0 Å². The molecule has 0 aliphatic rings. The molecule has 0 unspecified atom stereocenters. The van der Waals surface area contributed by atoms with E-state index in [0.717, 1.165) is 10.2 Å². The highest BCUT2D eigenvalue weighted by atomic mass is 35.6. The van der Waals surface area contributed by atoms with Crippen LogP contribution in [0.2, 0.25) is 0 Å². The monoisotopic (exact) mass is 370 g/mol. The average molecular weight is 372 g/mol. The summed E-state index contributed by atoms with van der Waals surface area (Å²) in [5.74, 6) is -0.321. The fraction of sp³-hybridized carbons (Fsp3) is 0.0667. The topological polar surface area (TPSA) is 34.9 Å². The summed E-state index contributed by atoms with van der Waals surface area (Å²) >= 11 is 19.3. The Labute approximate surface area is 146 Å². The maximum absolute atomic E-state index is 12.6. The van der Waals surface area contributed by atoms with Crippen LogP contribution in [0.25, 0.3) is 11.3 Å². The molecule has 0 aliphatic carbocycles. The first-order valence-corrected chi connectivity index (χ1v) is 8.29. The predicted octanol–water partition coefficient (Wildman–Crippen LogP) is 5.13. The van der Waals surface area contributed by atoms with Gasteiger partial charge in [0.2, 0.25) is 3.79 Å². The molecule has 0 saturated carbocycles. The van der Waals surface area contributed by atoms with E-state index >= 15 is 0 Å². The van der Waals surface area contributed by atoms with Crippen LogP contribution in [0.3, 0.4) is 0 Å². The van der Waals surface area contributed by atoms with Gasteiger partial charge < -0.3 is 0 Å². The lowest BCUT2D eigenvalue weighted by molar-refractivity contribution is 0.0946. The first-order chi connectivity index (χ1) is 10.5. The highest BCUT2D eigenvalue weighted by Crippen LogP contribution is 2.40. The van der Waals surface area contributed by atoms with Crippen molar-refractivity contribution < 1.29 is 4.79 Å². The van der Waals surface area contributed by atoms with E-state index in [1.807, 2.05) is 35.7 Å². The smallest absolute Gasteiger partial charge is 0.266 e. The number of rotatable bonds is 2. The Morgan fingerprint density at radius 1 is 1.09 bits per heavy atom. The van der Waals surface area contributed by atoms with Gasteiger partial charge in [-0.2, -0.15) is 9.78 Å². The molecule has 0 aliphatic heterocycles. The van der Waals surface area contributed by atoms with Crippen molar-refractivity contribution in [3.8, 4) is 11.3 Å². The number of carbonyl (C=O) groups excluding carboxylic acids is 1. The Bertz CT molecular complexity index is 792.